The number of alkyl carbamates (subject to hydrolysis) is 1. The predicted molar refractivity (Wildman–Crippen MR) is 172 cm³/mol. The van der Waals surface area contributed by atoms with Crippen molar-refractivity contribution in [3.63, 3.8) is 0 Å². The highest BCUT2D eigenvalue weighted by molar-refractivity contribution is 6.03. The molecule has 1 aliphatic heterocycles. The predicted octanol–water partition coefficient (Wildman–Crippen LogP) is 5.20. The van der Waals surface area contributed by atoms with E-state index in [0.29, 0.717) is 18.4 Å². The molecule has 0 saturated carbocycles. The van der Waals surface area contributed by atoms with Crippen molar-refractivity contribution < 1.29 is 51.4 Å². The lowest BCUT2D eigenvalue weighted by atomic mass is 9.99. The van der Waals surface area contributed by atoms with E-state index in [1.165, 1.54) is 4.90 Å². The average molecular weight is 694 g/mol. The van der Waals surface area contributed by atoms with Crippen molar-refractivity contribution in [2.75, 3.05) is 18.4 Å². The maximum absolute atomic E-state index is 13.6. The van der Waals surface area contributed by atoms with Gasteiger partial charge in [-0.15, -0.1) is 0 Å². The van der Waals surface area contributed by atoms with Crippen LogP contribution < -0.4 is 21.3 Å². The van der Waals surface area contributed by atoms with E-state index in [1.807, 2.05) is 6.07 Å². The number of benzene rings is 2. The molecule has 4 amide bonds. The van der Waals surface area contributed by atoms with Crippen molar-refractivity contribution >= 4 is 36.2 Å². The lowest BCUT2D eigenvalue weighted by molar-refractivity contribution is -0.137. The van der Waals surface area contributed by atoms with Crippen LogP contribution in [0.25, 0.3) is 0 Å². The summed E-state index contributed by atoms with van der Waals surface area (Å²) < 4.78 is 56.7. The van der Waals surface area contributed by atoms with Crippen molar-refractivity contribution in [1.29, 1.82) is 0 Å². The fourth-order valence-electron chi connectivity index (χ4n) is 4.70. The number of aldehydes is 1. The van der Waals surface area contributed by atoms with Crippen molar-refractivity contribution in [1.82, 2.24) is 20.9 Å². The average Bonchev–Trinajstić information content (AvgIpc) is 2.98. The van der Waals surface area contributed by atoms with Gasteiger partial charge in [-0.2, -0.15) is 13.2 Å². The van der Waals surface area contributed by atoms with Gasteiger partial charge in [-0.05, 0) is 71.7 Å². The summed E-state index contributed by atoms with van der Waals surface area (Å²) in [7, 11) is 0. The molecule has 1 unspecified atom stereocenters. The number of hydrogen-bond donors (Lipinski definition) is 4. The monoisotopic (exact) mass is 693 g/mol. The molecule has 0 bridgehead atoms. The van der Waals surface area contributed by atoms with Gasteiger partial charge in [-0.1, -0.05) is 30.3 Å². The molecule has 3 atom stereocenters. The molecule has 16 heteroatoms. The maximum atomic E-state index is 13.6. The summed E-state index contributed by atoms with van der Waals surface area (Å²) in [5.41, 5.74) is -3.11. The number of carbonyl (C=O) groups excluding carboxylic acids is 5. The highest BCUT2D eigenvalue weighted by Gasteiger charge is 2.37. The van der Waals surface area contributed by atoms with E-state index in [4.69, 9.17) is 14.2 Å². The molecular formula is C33H42F3N5O8. The highest BCUT2D eigenvalue weighted by atomic mass is 19.4. The number of anilines is 1. The van der Waals surface area contributed by atoms with Gasteiger partial charge in [0.25, 0.3) is 5.91 Å². The maximum Gasteiger partial charge on any atom is 0.416 e. The Labute approximate surface area is 282 Å². The summed E-state index contributed by atoms with van der Waals surface area (Å²) in [5, 5.41) is 10.2. The van der Waals surface area contributed by atoms with E-state index in [0.717, 1.165) is 11.6 Å². The minimum absolute atomic E-state index is 0.0226. The quantitative estimate of drug-likeness (QED) is 0.157. The minimum atomic E-state index is -4.83. The van der Waals surface area contributed by atoms with Crippen LogP contribution in [0.5, 0.6) is 0 Å². The number of rotatable bonds is 9. The van der Waals surface area contributed by atoms with Gasteiger partial charge in [0.05, 0.1) is 22.9 Å². The topological polar surface area (TPSA) is 164 Å². The van der Waals surface area contributed by atoms with Gasteiger partial charge in [-0.25, -0.2) is 14.4 Å². The molecule has 1 aliphatic rings. The number of likely N-dealkylation sites (tertiary alicyclic amines) is 1. The summed E-state index contributed by atoms with van der Waals surface area (Å²) in [4.78, 5) is 65.0. The highest BCUT2D eigenvalue weighted by Crippen LogP contribution is 2.32. The molecule has 2 aromatic carbocycles. The number of piperidine rings is 1. The first-order chi connectivity index (χ1) is 22.7. The van der Waals surface area contributed by atoms with Crippen LogP contribution in [0, 0.1) is 0 Å². The van der Waals surface area contributed by atoms with Crippen molar-refractivity contribution in [3.8, 4) is 0 Å². The number of carbonyl (C=O) groups is 5. The Morgan fingerprint density at radius 3 is 2.16 bits per heavy atom. The zero-order valence-corrected chi connectivity index (χ0v) is 28.1. The van der Waals surface area contributed by atoms with Crippen molar-refractivity contribution in [2.24, 2.45) is 0 Å². The third-order valence-corrected chi connectivity index (χ3v) is 6.82. The SMILES string of the molecule is CC(C)(C)OC(=O)Nc1ccc(C(F)(F)F)cc1C(=O)NC(C=O)N[C@@H]1CN(C(=O)OC(C)(C)C)CC[C@@H]1NC(=O)OCc1ccccc1. The fraction of sp³-hybridized carbons (Fsp3) is 0.485. The van der Waals surface area contributed by atoms with Gasteiger partial charge in [-0.3, -0.25) is 20.2 Å². The summed E-state index contributed by atoms with van der Waals surface area (Å²) in [6, 6.07) is 9.43. The van der Waals surface area contributed by atoms with E-state index in [9.17, 15) is 37.1 Å². The second-order valence-electron chi connectivity index (χ2n) is 13.3. The molecule has 0 radical (unpaired) electrons. The standard InChI is InChI=1S/C33H42F3N5O8/c1-31(2,3)48-29(45)38-23-13-12-21(33(34,35)36)16-22(23)27(43)40-26(18-42)37-25-17-41(30(46)49-32(4,5)6)15-14-24(25)39-28(44)47-19-20-10-8-7-9-11-20/h7-13,16,18,24-26,37H,14-15,17,19H2,1-6H3,(H,38,45)(H,39,44)(H,40,43)/t24-,25+,26?/m0/s1. The van der Waals surface area contributed by atoms with Gasteiger partial charge >= 0.3 is 24.5 Å². The second kappa shape index (κ2) is 16.0. The summed E-state index contributed by atoms with van der Waals surface area (Å²) >= 11 is 0. The van der Waals surface area contributed by atoms with E-state index >= 15 is 0 Å². The Bertz CT molecular complexity index is 1490. The Morgan fingerprint density at radius 1 is 0.918 bits per heavy atom. The number of hydrogen-bond acceptors (Lipinski definition) is 9. The summed E-state index contributed by atoms with van der Waals surface area (Å²) in [6.45, 7) is 9.85. The van der Waals surface area contributed by atoms with Crippen molar-refractivity contribution in [3.05, 3.63) is 65.2 Å². The number of ether oxygens (including phenoxy) is 3. The van der Waals surface area contributed by atoms with E-state index in [-0.39, 0.29) is 31.8 Å². The molecule has 1 heterocycles. The molecule has 2 aromatic rings. The molecular weight excluding hydrogens is 651 g/mol. The second-order valence-corrected chi connectivity index (χ2v) is 13.3. The van der Waals surface area contributed by atoms with E-state index in [2.05, 4.69) is 21.3 Å². The lowest BCUT2D eigenvalue weighted by Crippen LogP contribution is -2.64. The molecule has 13 nitrogen and oxygen atoms in total. The zero-order chi connectivity index (χ0) is 36.6. The Morgan fingerprint density at radius 2 is 1.57 bits per heavy atom. The molecule has 4 N–H and O–H groups in total. The van der Waals surface area contributed by atoms with Gasteiger partial charge in [0.2, 0.25) is 0 Å². The molecule has 268 valence electrons. The molecule has 1 saturated heterocycles. The first-order valence-electron chi connectivity index (χ1n) is 15.4. The van der Waals surface area contributed by atoms with E-state index < -0.39 is 70.9 Å². The lowest BCUT2D eigenvalue weighted by Gasteiger charge is -2.40. The molecule has 0 spiro atoms. The summed E-state index contributed by atoms with van der Waals surface area (Å²) in [5.74, 6) is -1.15. The van der Waals surface area contributed by atoms with Crippen LogP contribution in [0.3, 0.4) is 0 Å². The molecule has 3 rings (SSSR count). The van der Waals surface area contributed by atoms with Crippen LogP contribution in [0.4, 0.5) is 33.2 Å². The largest absolute Gasteiger partial charge is 0.445 e. The first kappa shape index (κ1) is 38.6. The van der Waals surface area contributed by atoms with Crippen LogP contribution in [0.1, 0.15) is 69.4 Å². The van der Waals surface area contributed by atoms with Gasteiger partial charge in [0.15, 0.2) is 6.29 Å². The van der Waals surface area contributed by atoms with Crippen LogP contribution in [0.15, 0.2) is 48.5 Å². The zero-order valence-electron chi connectivity index (χ0n) is 28.1. The number of alkyl halides is 3. The number of amides is 4. The number of nitrogens with zero attached hydrogens (tertiary/aromatic N) is 1. The third kappa shape index (κ3) is 12.6. The molecule has 0 aromatic heterocycles. The van der Waals surface area contributed by atoms with E-state index in [1.54, 1.807) is 65.8 Å². The van der Waals surface area contributed by atoms with Gasteiger partial charge in [0, 0.05) is 19.1 Å². The molecule has 1 fully saturated rings. The van der Waals surface area contributed by atoms with Crippen LogP contribution >= 0.6 is 0 Å². The minimum Gasteiger partial charge on any atom is -0.445 e. The molecule has 49 heavy (non-hydrogen) atoms. The fourth-order valence-corrected chi connectivity index (χ4v) is 4.70. The van der Waals surface area contributed by atoms with Crippen LogP contribution in [-0.4, -0.2) is 77.9 Å². The van der Waals surface area contributed by atoms with Crippen LogP contribution in [0.2, 0.25) is 0 Å². The van der Waals surface area contributed by atoms with Gasteiger partial charge < -0.3 is 29.7 Å². The van der Waals surface area contributed by atoms with Gasteiger partial charge in [0.1, 0.15) is 24.0 Å². The summed E-state index contributed by atoms with van der Waals surface area (Å²) in [6.07, 6.45) is -8.33. The van der Waals surface area contributed by atoms with Crippen LogP contribution in [-0.2, 0) is 31.8 Å². The molecule has 0 aliphatic carbocycles. The Hall–Kier alpha value is -4.86. The Balaban J connectivity index is 1.82. The van der Waals surface area contributed by atoms with Crippen molar-refractivity contribution in [2.45, 2.75) is 90.2 Å². The number of halogens is 3. The third-order valence-electron chi connectivity index (χ3n) is 6.82. The first-order valence-corrected chi connectivity index (χ1v) is 15.4. The smallest absolute Gasteiger partial charge is 0.416 e. The number of nitrogens with one attached hydrogen (secondary N) is 4. The normalized spacial score (nSPS) is 17.3. The Kier molecular flexibility index (Phi) is 12.6.